The molecule has 1 amide bonds. The van der Waals surface area contributed by atoms with Crippen LogP contribution in [0.2, 0.25) is 0 Å². The second kappa shape index (κ2) is 9.86. The number of thioether (sulfide) groups is 1. The molecule has 1 aromatic heterocycles. The van der Waals surface area contributed by atoms with E-state index in [1.807, 2.05) is 18.2 Å². The predicted molar refractivity (Wildman–Crippen MR) is 118 cm³/mol. The van der Waals surface area contributed by atoms with Crippen LogP contribution in [0.5, 0.6) is 5.75 Å². The molecule has 1 N–H and O–H groups in total. The number of ether oxygens (including phenoxy) is 1. The Morgan fingerprint density at radius 1 is 1.18 bits per heavy atom. The van der Waals surface area contributed by atoms with Gasteiger partial charge in [-0.1, -0.05) is 42.4 Å². The number of carbonyl (C=O) groups is 1. The number of hydrogen-bond acceptors (Lipinski definition) is 5. The number of aromatic nitrogens is 3. The molecule has 1 saturated carbocycles. The second-order valence-corrected chi connectivity index (χ2v) is 8.71. The van der Waals surface area contributed by atoms with Crippen LogP contribution in [0, 0.1) is 5.92 Å². The van der Waals surface area contributed by atoms with Gasteiger partial charge in [0.05, 0.1) is 24.9 Å². The van der Waals surface area contributed by atoms with Gasteiger partial charge in [-0.25, -0.2) is 0 Å². The molecule has 1 aliphatic rings. The smallest absolute Gasteiger partial charge is 0.416 e. The molecular weight excluding hydrogens is 453 g/mol. The zero-order chi connectivity index (χ0) is 23.4. The molecule has 174 valence electrons. The highest BCUT2D eigenvalue weighted by Gasteiger charge is 2.30. The first kappa shape index (κ1) is 23.2. The van der Waals surface area contributed by atoms with Crippen molar-refractivity contribution in [2.24, 2.45) is 5.92 Å². The van der Waals surface area contributed by atoms with E-state index in [2.05, 4.69) is 15.5 Å². The van der Waals surface area contributed by atoms with Gasteiger partial charge in [0.1, 0.15) is 5.75 Å². The maximum atomic E-state index is 13.0. The van der Waals surface area contributed by atoms with E-state index < -0.39 is 11.7 Å². The molecule has 0 radical (unpaired) electrons. The van der Waals surface area contributed by atoms with Crippen LogP contribution in [0.4, 0.5) is 13.2 Å². The minimum atomic E-state index is -4.40. The molecule has 0 spiro atoms. The minimum absolute atomic E-state index is 0.000360. The molecule has 0 atom stereocenters. The Morgan fingerprint density at radius 3 is 2.67 bits per heavy atom. The molecule has 10 heteroatoms. The first-order valence-electron chi connectivity index (χ1n) is 10.5. The van der Waals surface area contributed by atoms with E-state index in [-0.39, 0.29) is 24.1 Å². The normalized spacial score (nSPS) is 14.1. The molecule has 33 heavy (non-hydrogen) atoms. The third-order valence-corrected chi connectivity index (χ3v) is 6.53. The highest BCUT2D eigenvalue weighted by molar-refractivity contribution is 7.98. The number of halogens is 3. The first-order valence-corrected chi connectivity index (χ1v) is 11.5. The molecule has 0 saturated heterocycles. The molecule has 1 heterocycles. The van der Waals surface area contributed by atoms with Gasteiger partial charge in [0.15, 0.2) is 11.0 Å². The fraction of sp³-hybridized carbons (Fsp3) is 0.348. The molecule has 0 bridgehead atoms. The maximum absolute atomic E-state index is 13.0. The first-order chi connectivity index (χ1) is 15.8. The zero-order valence-electron chi connectivity index (χ0n) is 17.9. The van der Waals surface area contributed by atoms with Crippen molar-refractivity contribution in [3.8, 4) is 11.4 Å². The number of nitrogens with zero attached hydrogens (tertiary/aromatic N) is 3. The number of methoxy groups -OCH3 is 1. The van der Waals surface area contributed by atoms with Crippen LogP contribution in [-0.2, 0) is 23.3 Å². The average molecular weight is 477 g/mol. The van der Waals surface area contributed by atoms with Crippen molar-refractivity contribution >= 4 is 17.7 Å². The Kier molecular flexibility index (Phi) is 6.92. The SMILES string of the molecule is COc1cccc(-n2c(CNC(=O)C3CCC3)nnc2SCc2cccc(C(F)(F)F)c2)c1. The van der Waals surface area contributed by atoms with Crippen molar-refractivity contribution in [3.63, 3.8) is 0 Å². The lowest BCUT2D eigenvalue weighted by atomic mass is 9.85. The molecule has 6 nitrogen and oxygen atoms in total. The van der Waals surface area contributed by atoms with E-state index in [0.717, 1.165) is 37.1 Å². The lowest BCUT2D eigenvalue weighted by molar-refractivity contribution is -0.137. The monoisotopic (exact) mass is 476 g/mol. The summed E-state index contributed by atoms with van der Waals surface area (Å²) >= 11 is 1.27. The van der Waals surface area contributed by atoms with E-state index in [0.29, 0.717) is 22.3 Å². The van der Waals surface area contributed by atoms with Gasteiger partial charge < -0.3 is 10.1 Å². The molecule has 4 rings (SSSR count). The number of benzene rings is 2. The Balaban J connectivity index is 1.57. The zero-order valence-corrected chi connectivity index (χ0v) is 18.7. The summed E-state index contributed by atoms with van der Waals surface area (Å²) in [7, 11) is 1.56. The third kappa shape index (κ3) is 5.50. The van der Waals surface area contributed by atoms with Gasteiger partial charge in [0, 0.05) is 17.7 Å². The van der Waals surface area contributed by atoms with Crippen molar-refractivity contribution < 1.29 is 22.7 Å². The summed E-state index contributed by atoms with van der Waals surface area (Å²) in [4.78, 5) is 12.3. The maximum Gasteiger partial charge on any atom is 0.416 e. The van der Waals surface area contributed by atoms with E-state index in [4.69, 9.17) is 4.74 Å². The Labute approximate surface area is 193 Å². The highest BCUT2D eigenvalue weighted by Crippen LogP contribution is 2.32. The molecule has 1 aliphatic carbocycles. The van der Waals surface area contributed by atoms with Gasteiger partial charge in [-0.3, -0.25) is 9.36 Å². The van der Waals surface area contributed by atoms with E-state index in [1.54, 1.807) is 23.8 Å². The summed E-state index contributed by atoms with van der Waals surface area (Å²) in [5.41, 5.74) is 0.572. The second-order valence-electron chi connectivity index (χ2n) is 7.77. The molecule has 0 aliphatic heterocycles. The van der Waals surface area contributed by atoms with Crippen LogP contribution in [0.1, 0.15) is 36.2 Å². The number of amides is 1. The number of nitrogens with one attached hydrogen (secondary N) is 1. The minimum Gasteiger partial charge on any atom is -0.497 e. The van der Waals surface area contributed by atoms with Gasteiger partial charge in [-0.05, 0) is 36.6 Å². The Hall–Kier alpha value is -3.01. The molecular formula is C23H23F3N4O2S. The standard InChI is InChI=1S/C23H23F3N4O2S/c1-32-19-10-4-9-18(12-19)30-20(13-27-21(31)16-6-3-7-16)28-29-22(30)33-14-15-5-2-8-17(11-15)23(24,25)26/h2,4-5,8-12,16H,3,6-7,13-14H2,1H3,(H,27,31). The largest absolute Gasteiger partial charge is 0.497 e. The van der Waals surface area contributed by atoms with Gasteiger partial charge in [-0.15, -0.1) is 10.2 Å². The van der Waals surface area contributed by atoms with Crippen LogP contribution in [-0.4, -0.2) is 27.8 Å². The van der Waals surface area contributed by atoms with Crippen molar-refractivity contribution in [2.75, 3.05) is 7.11 Å². The van der Waals surface area contributed by atoms with Gasteiger partial charge in [0.2, 0.25) is 5.91 Å². The number of rotatable bonds is 8. The summed E-state index contributed by atoms with van der Waals surface area (Å²) in [5.74, 6) is 1.50. The third-order valence-electron chi connectivity index (χ3n) is 5.53. The predicted octanol–water partition coefficient (Wildman–Crippen LogP) is 5.00. The van der Waals surface area contributed by atoms with Crippen molar-refractivity contribution in [3.05, 3.63) is 65.5 Å². The van der Waals surface area contributed by atoms with Crippen LogP contribution in [0.3, 0.4) is 0 Å². The van der Waals surface area contributed by atoms with Crippen LogP contribution in [0.25, 0.3) is 5.69 Å². The Bertz CT molecular complexity index is 1130. The number of hydrogen-bond donors (Lipinski definition) is 1. The molecule has 1 fully saturated rings. The van der Waals surface area contributed by atoms with Crippen molar-refractivity contribution in [1.29, 1.82) is 0 Å². The summed E-state index contributed by atoms with van der Waals surface area (Å²) in [5, 5.41) is 11.9. The van der Waals surface area contributed by atoms with E-state index >= 15 is 0 Å². The number of alkyl halides is 3. The van der Waals surface area contributed by atoms with Crippen molar-refractivity contribution in [1.82, 2.24) is 20.1 Å². The fourth-order valence-electron chi connectivity index (χ4n) is 3.48. The van der Waals surface area contributed by atoms with Crippen LogP contribution in [0.15, 0.2) is 53.7 Å². The summed E-state index contributed by atoms with van der Waals surface area (Å²) in [6.45, 7) is 0.198. The summed E-state index contributed by atoms with van der Waals surface area (Å²) < 4.78 is 46.3. The lowest BCUT2D eigenvalue weighted by Crippen LogP contribution is -2.34. The summed E-state index contributed by atoms with van der Waals surface area (Å²) in [6.07, 6.45) is -1.54. The van der Waals surface area contributed by atoms with E-state index in [9.17, 15) is 18.0 Å². The van der Waals surface area contributed by atoms with Crippen LogP contribution >= 0.6 is 11.8 Å². The average Bonchev–Trinajstić information content (AvgIpc) is 3.17. The molecule has 0 unspecified atom stereocenters. The van der Waals surface area contributed by atoms with Crippen molar-refractivity contribution in [2.45, 2.75) is 42.9 Å². The van der Waals surface area contributed by atoms with Gasteiger partial charge in [-0.2, -0.15) is 13.2 Å². The van der Waals surface area contributed by atoms with Gasteiger partial charge >= 0.3 is 6.18 Å². The quantitative estimate of drug-likeness (QED) is 0.463. The fourth-order valence-corrected chi connectivity index (χ4v) is 4.40. The lowest BCUT2D eigenvalue weighted by Gasteiger charge is -2.24. The summed E-state index contributed by atoms with van der Waals surface area (Å²) in [6, 6.07) is 12.5. The molecule has 3 aromatic rings. The highest BCUT2D eigenvalue weighted by atomic mass is 32.2. The Morgan fingerprint density at radius 2 is 1.97 bits per heavy atom. The topological polar surface area (TPSA) is 69.0 Å². The van der Waals surface area contributed by atoms with E-state index in [1.165, 1.54) is 17.8 Å². The number of carbonyl (C=O) groups excluding carboxylic acids is 1. The van der Waals surface area contributed by atoms with Crippen LogP contribution < -0.4 is 10.1 Å². The molecule has 2 aromatic carbocycles. The van der Waals surface area contributed by atoms with Gasteiger partial charge in [0.25, 0.3) is 0 Å².